The lowest BCUT2D eigenvalue weighted by Gasteiger charge is -2.31. The van der Waals surface area contributed by atoms with Crippen molar-refractivity contribution in [1.29, 1.82) is 0 Å². The van der Waals surface area contributed by atoms with Crippen molar-refractivity contribution >= 4 is 0 Å². The van der Waals surface area contributed by atoms with Gasteiger partial charge < -0.3 is 15.3 Å². The Bertz CT molecular complexity index is 547. The lowest BCUT2D eigenvalue weighted by Crippen LogP contribution is -2.24. The molecule has 0 radical (unpaired) electrons. The monoisotopic (exact) mass is 527 g/mol. The minimum absolute atomic E-state index is 0.151. The molecular weight excluding hydrogens is 456 g/mol. The van der Waals surface area contributed by atoms with Gasteiger partial charge in [-0.15, -0.1) is 0 Å². The normalized spacial score (nSPS) is 20.1. The predicted molar refractivity (Wildman–Crippen MR) is 163 cm³/mol. The third kappa shape index (κ3) is 22.4. The summed E-state index contributed by atoms with van der Waals surface area (Å²) in [5.41, 5.74) is 0.466. The van der Waals surface area contributed by atoms with Gasteiger partial charge in [-0.05, 0) is 110 Å². The molecule has 0 heterocycles. The van der Waals surface area contributed by atoms with E-state index < -0.39 is 0 Å². The molecule has 0 aromatic carbocycles. The van der Waals surface area contributed by atoms with E-state index in [0.29, 0.717) is 29.6 Å². The van der Waals surface area contributed by atoms with Crippen molar-refractivity contribution in [1.82, 2.24) is 0 Å². The molecule has 0 aliphatic carbocycles. The molecule has 0 amide bonds. The van der Waals surface area contributed by atoms with Gasteiger partial charge in [0, 0.05) is 0 Å². The Morgan fingerprint density at radius 1 is 0.378 bits per heavy atom. The molecule has 0 aromatic rings. The fraction of sp³-hybridized carbons (Fsp3) is 1.00. The molecule has 37 heavy (non-hydrogen) atoms. The molecule has 0 fully saturated rings. The van der Waals surface area contributed by atoms with Crippen molar-refractivity contribution in [3.8, 4) is 0 Å². The van der Waals surface area contributed by atoms with E-state index in [4.69, 9.17) is 0 Å². The first-order valence-corrected chi connectivity index (χ1v) is 15.6. The molecule has 0 spiro atoms. The molecule has 7 atom stereocenters. The summed E-state index contributed by atoms with van der Waals surface area (Å²) < 4.78 is 0. The van der Waals surface area contributed by atoms with E-state index in [1.54, 1.807) is 0 Å². The molecule has 0 aliphatic rings. The van der Waals surface area contributed by atoms with Crippen LogP contribution in [0.2, 0.25) is 0 Å². The third-order valence-electron chi connectivity index (χ3n) is 7.58. The average Bonchev–Trinajstić information content (AvgIpc) is 2.54. The van der Waals surface area contributed by atoms with Crippen molar-refractivity contribution < 1.29 is 15.3 Å². The smallest absolute Gasteiger partial charge is 0.0547 e. The number of hydrogen-bond acceptors (Lipinski definition) is 3. The van der Waals surface area contributed by atoms with E-state index in [2.05, 4.69) is 90.0 Å². The van der Waals surface area contributed by atoms with Crippen molar-refractivity contribution in [3.63, 3.8) is 0 Å². The minimum Gasteiger partial charge on any atom is -0.393 e. The maximum Gasteiger partial charge on any atom is 0.0547 e. The lowest BCUT2D eigenvalue weighted by molar-refractivity contribution is 0.0831. The van der Waals surface area contributed by atoms with Crippen LogP contribution in [0.15, 0.2) is 0 Å². The summed E-state index contributed by atoms with van der Waals surface area (Å²) in [6.45, 7) is 29.1. The van der Waals surface area contributed by atoms with Gasteiger partial charge in [-0.3, -0.25) is 0 Å². The molecule has 0 aliphatic heterocycles. The van der Waals surface area contributed by atoms with Crippen LogP contribution < -0.4 is 0 Å². The Balaban J connectivity index is 5.12. The Kier molecular flexibility index (Phi) is 16.2. The lowest BCUT2D eigenvalue weighted by atomic mass is 9.76. The van der Waals surface area contributed by atoms with Gasteiger partial charge in [0.2, 0.25) is 0 Å². The van der Waals surface area contributed by atoms with Gasteiger partial charge in [-0.2, -0.15) is 0 Å². The molecule has 3 heteroatoms. The first-order chi connectivity index (χ1) is 16.5. The summed E-state index contributed by atoms with van der Waals surface area (Å²) in [5.74, 6) is 2.72. The molecule has 7 unspecified atom stereocenters. The zero-order chi connectivity index (χ0) is 29.2. The summed E-state index contributed by atoms with van der Waals surface area (Å²) in [5, 5.41) is 31.9. The quantitative estimate of drug-likeness (QED) is 0.177. The van der Waals surface area contributed by atoms with Gasteiger partial charge in [0.25, 0.3) is 0 Å². The van der Waals surface area contributed by atoms with Crippen LogP contribution in [0.5, 0.6) is 0 Å². The molecule has 0 aromatic heterocycles. The zero-order valence-corrected chi connectivity index (χ0v) is 27.5. The maximum atomic E-state index is 10.7. The average molecular weight is 527 g/mol. The highest BCUT2D eigenvalue weighted by molar-refractivity contribution is 4.78. The largest absolute Gasteiger partial charge is 0.393 e. The van der Waals surface area contributed by atoms with Crippen LogP contribution >= 0.6 is 0 Å². The number of aliphatic hydroxyl groups is 3. The number of hydrogen-bond donors (Lipinski definition) is 3. The highest BCUT2D eigenvalue weighted by atomic mass is 16.3. The molecular formula is C34H70O3. The van der Waals surface area contributed by atoms with E-state index >= 15 is 0 Å². The van der Waals surface area contributed by atoms with E-state index in [1.165, 1.54) is 6.42 Å². The number of rotatable bonds is 17. The SMILES string of the molecule is CC(CC(C)CC(CC(C)CC(O)CC(C)(C)C)CC(C)CC(O)CC(C)(C)C)CC(O)CC(C)(C)C. The highest BCUT2D eigenvalue weighted by Crippen LogP contribution is 2.35. The Labute approximate surface area is 233 Å². The van der Waals surface area contributed by atoms with Crippen molar-refractivity contribution in [2.24, 2.45) is 45.8 Å². The van der Waals surface area contributed by atoms with Gasteiger partial charge in [0.15, 0.2) is 0 Å². The van der Waals surface area contributed by atoms with Crippen LogP contribution in [-0.4, -0.2) is 33.6 Å². The van der Waals surface area contributed by atoms with Crippen LogP contribution in [0.1, 0.15) is 154 Å². The van der Waals surface area contributed by atoms with Gasteiger partial charge in [-0.25, -0.2) is 0 Å². The predicted octanol–water partition coefficient (Wildman–Crippen LogP) is 9.27. The van der Waals surface area contributed by atoms with Crippen LogP contribution in [0, 0.1) is 45.8 Å². The molecule has 3 nitrogen and oxygen atoms in total. The number of aliphatic hydroxyl groups excluding tert-OH is 3. The fourth-order valence-corrected chi connectivity index (χ4v) is 6.83. The summed E-state index contributed by atoms with van der Waals surface area (Å²) >= 11 is 0. The molecule has 3 N–H and O–H groups in total. The molecule has 224 valence electrons. The second-order valence-corrected chi connectivity index (χ2v) is 17.2. The van der Waals surface area contributed by atoms with Crippen molar-refractivity contribution in [3.05, 3.63) is 0 Å². The molecule has 0 saturated heterocycles. The Hall–Kier alpha value is -0.120. The topological polar surface area (TPSA) is 60.7 Å². The van der Waals surface area contributed by atoms with Gasteiger partial charge >= 0.3 is 0 Å². The van der Waals surface area contributed by atoms with Crippen molar-refractivity contribution in [2.45, 2.75) is 173 Å². The zero-order valence-electron chi connectivity index (χ0n) is 27.5. The first-order valence-electron chi connectivity index (χ1n) is 15.6. The van der Waals surface area contributed by atoms with Crippen LogP contribution in [-0.2, 0) is 0 Å². The van der Waals surface area contributed by atoms with E-state index in [-0.39, 0.29) is 34.6 Å². The minimum atomic E-state index is -0.233. The van der Waals surface area contributed by atoms with Crippen LogP contribution in [0.3, 0.4) is 0 Å². The van der Waals surface area contributed by atoms with Crippen molar-refractivity contribution in [2.75, 3.05) is 0 Å². The van der Waals surface area contributed by atoms with Gasteiger partial charge in [0.05, 0.1) is 18.3 Å². The molecule has 0 saturated carbocycles. The van der Waals surface area contributed by atoms with E-state index in [9.17, 15) is 15.3 Å². The van der Waals surface area contributed by atoms with Gasteiger partial charge in [-0.1, -0.05) is 90.0 Å². The summed E-state index contributed by atoms with van der Waals surface area (Å²) in [7, 11) is 0. The second kappa shape index (κ2) is 16.2. The van der Waals surface area contributed by atoms with E-state index in [0.717, 1.165) is 57.8 Å². The highest BCUT2D eigenvalue weighted by Gasteiger charge is 2.26. The summed E-state index contributed by atoms with van der Waals surface area (Å²) in [6, 6.07) is 0. The summed E-state index contributed by atoms with van der Waals surface area (Å²) in [6.07, 6.45) is 9.14. The Morgan fingerprint density at radius 2 is 0.595 bits per heavy atom. The fourth-order valence-electron chi connectivity index (χ4n) is 6.83. The van der Waals surface area contributed by atoms with E-state index in [1.807, 2.05) is 0 Å². The Morgan fingerprint density at radius 3 is 0.838 bits per heavy atom. The van der Waals surface area contributed by atoms with Gasteiger partial charge in [0.1, 0.15) is 0 Å². The standard InChI is InChI=1S/C34H70O3/c1-24(14-25(2)18-29(35)21-32(5,6)7)15-28(16-26(3)19-30(36)22-33(8,9)10)17-27(4)20-31(37)23-34(11,12)13/h24-31,35-37H,14-23H2,1-13H3. The summed E-state index contributed by atoms with van der Waals surface area (Å²) in [4.78, 5) is 0. The first kappa shape index (κ1) is 36.9. The third-order valence-corrected chi connectivity index (χ3v) is 7.58. The van der Waals surface area contributed by atoms with Crippen LogP contribution in [0.25, 0.3) is 0 Å². The van der Waals surface area contributed by atoms with Crippen LogP contribution in [0.4, 0.5) is 0 Å². The second-order valence-electron chi connectivity index (χ2n) is 17.2. The molecule has 0 rings (SSSR count). The maximum absolute atomic E-state index is 10.7. The molecule has 0 bridgehead atoms.